The molecule has 1 atom stereocenters. The molecule has 0 aromatic carbocycles. The standard InChI is InChI=1S/C9H23BO3Si/c1-5-9(10)14(11-6-2,12-7-3)13-8-4/h9H,5-8,10H2,1-4H3. The SMILES string of the molecule is BC(CC)[Si](OCC)(OCC)OCC. The van der Waals surface area contributed by atoms with Crippen molar-refractivity contribution in [2.45, 2.75) is 39.6 Å². The Morgan fingerprint density at radius 2 is 1.29 bits per heavy atom. The van der Waals surface area contributed by atoms with Gasteiger partial charge in [-0.25, -0.2) is 0 Å². The van der Waals surface area contributed by atoms with Crippen LogP contribution in [0.2, 0.25) is 5.44 Å². The van der Waals surface area contributed by atoms with Crippen molar-refractivity contribution >= 4 is 16.7 Å². The van der Waals surface area contributed by atoms with Crippen LogP contribution in [0.25, 0.3) is 0 Å². The van der Waals surface area contributed by atoms with Gasteiger partial charge in [-0.2, -0.15) is 0 Å². The van der Waals surface area contributed by atoms with E-state index in [1.165, 1.54) is 0 Å². The third-order valence-electron chi connectivity index (χ3n) is 2.25. The van der Waals surface area contributed by atoms with Crippen LogP contribution in [0.1, 0.15) is 34.1 Å². The van der Waals surface area contributed by atoms with E-state index >= 15 is 0 Å². The van der Waals surface area contributed by atoms with E-state index in [0.29, 0.717) is 25.3 Å². The molecule has 0 rings (SSSR count). The van der Waals surface area contributed by atoms with E-state index in [2.05, 4.69) is 14.8 Å². The van der Waals surface area contributed by atoms with Gasteiger partial charge in [0.05, 0.1) is 0 Å². The third kappa shape index (κ3) is 3.73. The summed E-state index contributed by atoms with van der Waals surface area (Å²) in [7, 11) is -0.253. The zero-order chi connectivity index (χ0) is 11.0. The maximum Gasteiger partial charge on any atom is 0.495 e. The molecule has 3 nitrogen and oxygen atoms in total. The molecule has 0 saturated carbocycles. The van der Waals surface area contributed by atoms with E-state index in [1.54, 1.807) is 0 Å². The monoisotopic (exact) mass is 218 g/mol. The van der Waals surface area contributed by atoms with Gasteiger partial charge in [0, 0.05) is 19.8 Å². The van der Waals surface area contributed by atoms with Gasteiger partial charge in [-0.1, -0.05) is 13.3 Å². The maximum atomic E-state index is 5.76. The number of hydrogen-bond acceptors (Lipinski definition) is 3. The fraction of sp³-hybridized carbons (Fsp3) is 1.00. The number of hydrogen-bond donors (Lipinski definition) is 0. The normalized spacial score (nSPS) is 14.3. The summed E-state index contributed by atoms with van der Waals surface area (Å²) in [6.07, 6.45) is 1.03. The first kappa shape index (κ1) is 14.2. The van der Waals surface area contributed by atoms with Gasteiger partial charge in [0.25, 0.3) is 0 Å². The molecule has 0 aliphatic carbocycles. The van der Waals surface area contributed by atoms with Crippen molar-refractivity contribution < 1.29 is 13.3 Å². The highest BCUT2D eigenvalue weighted by molar-refractivity contribution is 6.69. The zero-order valence-electron chi connectivity index (χ0n) is 10.1. The van der Waals surface area contributed by atoms with Gasteiger partial charge in [-0.3, -0.25) is 0 Å². The van der Waals surface area contributed by atoms with Crippen LogP contribution in [0.3, 0.4) is 0 Å². The number of rotatable bonds is 8. The molecule has 0 radical (unpaired) electrons. The molecular weight excluding hydrogens is 195 g/mol. The van der Waals surface area contributed by atoms with Crippen LogP contribution in [0.4, 0.5) is 0 Å². The minimum absolute atomic E-state index is 0.377. The summed E-state index contributed by atoms with van der Waals surface area (Å²) in [6, 6.07) is 0. The molecule has 0 heterocycles. The van der Waals surface area contributed by atoms with Crippen molar-refractivity contribution in [2.24, 2.45) is 0 Å². The summed E-state index contributed by atoms with van der Waals surface area (Å²) in [5, 5.41) is 0. The Kier molecular flexibility index (Phi) is 7.54. The highest BCUT2D eigenvalue weighted by Gasteiger charge is 2.45. The first-order valence-electron chi connectivity index (χ1n) is 5.58. The molecule has 84 valence electrons. The van der Waals surface area contributed by atoms with Crippen LogP contribution in [0.15, 0.2) is 0 Å². The largest absolute Gasteiger partial charge is 0.495 e. The van der Waals surface area contributed by atoms with Crippen molar-refractivity contribution in [1.82, 2.24) is 0 Å². The molecule has 0 amide bonds. The maximum absolute atomic E-state index is 5.76. The highest BCUT2D eigenvalue weighted by atomic mass is 28.4. The predicted octanol–water partition coefficient (Wildman–Crippen LogP) is 1.41. The Labute approximate surface area is 89.9 Å². The lowest BCUT2D eigenvalue weighted by Gasteiger charge is -2.33. The highest BCUT2D eigenvalue weighted by Crippen LogP contribution is 2.25. The topological polar surface area (TPSA) is 27.7 Å². The summed E-state index contributed by atoms with van der Waals surface area (Å²) in [6.45, 7) is 10.1. The lowest BCUT2D eigenvalue weighted by atomic mass is 10.0. The molecule has 0 saturated heterocycles. The van der Waals surface area contributed by atoms with Gasteiger partial charge in [-0.05, 0) is 26.2 Å². The minimum atomic E-state index is -2.40. The van der Waals surface area contributed by atoms with Gasteiger partial charge < -0.3 is 13.3 Å². The molecule has 0 aromatic heterocycles. The van der Waals surface area contributed by atoms with Crippen LogP contribution in [0, 0.1) is 0 Å². The molecule has 0 spiro atoms. The van der Waals surface area contributed by atoms with Crippen LogP contribution in [0.5, 0.6) is 0 Å². The second-order valence-electron chi connectivity index (χ2n) is 3.21. The summed E-state index contributed by atoms with van der Waals surface area (Å²) in [4.78, 5) is 0. The molecule has 0 aromatic rings. The van der Waals surface area contributed by atoms with Crippen molar-refractivity contribution in [3.63, 3.8) is 0 Å². The second-order valence-corrected chi connectivity index (χ2v) is 6.27. The Bertz CT molecular complexity index is 129. The van der Waals surface area contributed by atoms with Gasteiger partial charge in [0.15, 0.2) is 0 Å². The fourth-order valence-electron chi connectivity index (χ4n) is 1.41. The Hall–Kier alpha value is 0.162. The summed E-state index contributed by atoms with van der Waals surface area (Å²) in [5.41, 5.74) is 0.377. The predicted molar refractivity (Wildman–Crippen MR) is 63.2 cm³/mol. The van der Waals surface area contributed by atoms with Gasteiger partial charge in [0.1, 0.15) is 7.85 Å². The van der Waals surface area contributed by atoms with E-state index in [0.717, 1.165) is 6.42 Å². The van der Waals surface area contributed by atoms with Gasteiger partial charge in [0.2, 0.25) is 0 Å². The van der Waals surface area contributed by atoms with E-state index in [-0.39, 0.29) is 0 Å². The Morgan fingerprint density at radius 3 is 1.50 bits per heavy atom. The fourth-order valence-corrected chi connectivity index (χ4v) is 4.22. The van der Waals surface area contributed by atoms with Crippen molar-refractivity contribution in [1.29, 1.82) is 0 Å². The quantitative estimate of drug-likeness (QED) is 0.576. The smallest absolute Gasteiger partial charge is 0.374 e. The summed E-state index contributed by atoms with van der Waals surface area (Å²) in [5.74, 6) is 0. The van der Waals surface area contributed by atoms with E-state index in [9.17, 15) is 0 Å². The molecule has 0 N–H and O–H groups in total. The van der Waals surface area contributed by atoms with E-state index in [4.69, 9.17) is 13.3 Å². The van der Waals surface area contributed by atoms with E-state index in [1.807, 2.05) is 20.8 Å². The van der Waals surface area contributed by atoms with Gasteiger partial charge >= 0.3 is 8.80 Å². The third-order valence-corrected chi connectivity index (χ3v) is 5.94. The van der Waals surface area contributed by atoms with Crippen LogP contribution < -0.4 is 0 Å². The molecular formula is C9H23BO3Si. The van der Waals surface area contributed by atoms with Crippen molar-refractivity contribution in [3.8, 4) is 0 Å². The molecule has 14 heavy (non-hydrogen) atoms. The van der Waals surface area contributed by atoms with Crippen LogP contribution in [-0.2, 0) is 13.3 Å². The lowest BCUT2D eigenvalue weighted by Crippen LogP contribution is -2.50. The summed E-state index contributed by atoms with van der Waals surface area (Å²) >= 11 is 0. The summed E-state index contributed by atoms with van der Waals surface area (Å²) < 4.78 is 17.3. The molecule has 0 bridgehead atoms. The van der Waals surface area contributed by atoms with Crippen LogP contribution in [-0.4, -0.2) is 36.5 Å². The molecule has 0 aliphatic heterocycles. The Morgan fingerprint density at radius 1 is 0.929 bits per heavy atom. The van der Waals surface area contributed by atoms with Crippen molar-refractivity contribution in [2.75, 3.05) is 19.8 Å². The average Bonchev–Trinajstić information content (AvgIpc) is 2.17. The van der Waals surface area contributed by atoms with Gasteiger partial charge in [-0.15, -0.1) is 0 Å². The average molecular weight is 218 g/mol. The molecule has 5 heteroatoms. The molecule has 0 fully saturated rings. The minimum Gasteiger partial charge on any atom is -0.374 e. The first-order valence-corrected chi connectivity index (χ1v) is 7.38. The van der Waals surface area contributed by atoms with E-state index < -0.39 is 8.80 Å². The second kappa shape index (κ2) is 7.45. The zero-order valence-corrected chi connectivity index (χ0v) is 11.1. The molecule has 1 unspecified atom stereocenters. The van der Waals surface area contributed by atoms with Crippen molar-refractivity contribution in [3.05, 3.63) is 0 Å². The lowest BCUT2D eigenvalue weighted by molar-refractivity contribution is 0.0677. The first-order chi connectivity index (χ1) is 6.66. The van der Waals surface area contributed by atoms with Crippen LogP contribution >= 0.6 is 0 Å². The molecule has 0 aliphatic rings. The Balaban J connectivity index is 4.53.